The van der Waals surface area contributed by atoms with E-state index in [0.717, 1.165) is 17.7 Å². The Morgan fingerprint density at radius 3 is 2.54 bits per heavy atom. The molecule has 182 valence electrons. The molecule has 0 aliphatic carbocycles. The minimum Gasteiger partial charge on any atom is -0.373 e. The number of aryl methyl sites for hydroxylation is 2. The van der Waals surface area contributed by atoms with Crippen LogP contribution >= 0.6 is 11.6 Å². The molecule has 1 fully saturated rings. The molecule has 1 aromatic carbocycles. The number of benzene rings is 1. The van der Waals surface area contributed by atoms with Gasteiger partial charge in [-0.1, -0.05) is 23.7 Å². The van der Waals surface area contributed by atoms with E-state index in [2.05, 4.69) is 10.1 Å². The first-order valence-electron chi connectivity index (χ1n) is 11.0. The Bertz CT molecular complexity index is 1460. The molecule has 3 aromatic heterocycles. The van der Waals surface area contributed by atoms with Crippen LogP contribution in [0.4, 0.5) is 13.2 Å². The fourth-order valence-corrected chi connectivity index (χ4v) is 4.49. The molecular formula is C24H21ClF3N5O2. The van der Waals surface area contributed by atoms with Crippen LogP contribution in [0.5, 0.6) is 0 Å². The highest BCUT2D eigenvalue weighted by Gasteiger charge is 2.31. The number of hydrogen-bond donors (Lipinski definition) is 0. The van der Waals surface area contributed by atoms with E-state index >= 15 is 0 Å². The Morgan fingerprint density at radius 2 is 1.89 bits per heavy atom. The van der Waals surface area contributed by atoms with Crippen molar-refractivity contribution in [2.45, 2.75) is 38.0 Å². The van der Waals surface area contributed by atoms with E-state index in [0.29, 0.717) is 42.1 Å². The average Bonchev–Trinajstić information content (AvgIpc) is 3.28. The van der Waals surface area contributed by atoms with Crippen molar-refractivity contribution in [1.82, 2.24) is 24.1 Å². The predicted octanol–water partition coefficient (Wildman–Crippen LogP) is 5.11. The van der Waals surface area contributed by atoms with Crippen LogP contribution in [0, 0.1) is 6.92 Å². The van der Waals surface area contributed by atoms with Crippen molar-refractivity contribution in [2.24, 2.45) is 7.05 Å². The van der Waals surface area contributed by atoms with Crippen molar-refractivity contribution < 1.29 is 17.9 Å². The van der Waals surface area contributed by atoms with E-state index in [1.165, 1.54) is 16.5 Å². The van der Waals surface area contributed by atoms with Crippen molar-refractivity contribution in [3.8, 4) is 11.3 Å². The number of nitrogens with zero attached hydrogens (tertiary/aromatic N) is 5. The highest BCUT2D eigenvalue weighted by Crippen LogP contribution is 2.38. The summed E-state index contributed by atoms with van der Waals surface area (Å²) in [5, 5.41) is 4.20. The summed E-state index contributed by atoms with van der Waals surface area (Å²) in [6.45, 7) is 2.09. The molecule has 11 heteroatoms. The monoisotopic (exact) mass is 503 g/mol. The van der Waals surface area contributed by atoms with Crippen LogP contribution in [0.3, 0.4) is 0 Å². The van der Waals surface area contributed by atoms with Crippen LogP contribution in [-0.2, 0) is 18.0 Å². The molecule has 2 atom stereocenters. The molecule has 0 N–H and O–H groups in total. The highest BCUT2D eigenvalue weighted by atomic mass is 35.5. The average molecular weight is 504 g/mol. The molecule has 35 heavy (non-hydrogen) atoms. The van der Waals surface area contributed by atoms with Gasteiger partial charge < -0.3 is 4.74 Å². The lowest BCUT2D eigenvalue weighted by Gasteiger charge is -2.29. The Balaban J connectivity index is 1.63. The third-order valence-electron chi connectivity index (χ3n) is 6.22. The summed E-state index contributed by atoms with van der Waals surface area (Å²) in [6.07, 6.45) is 1.91. The van der Waals surface area contributed by atoms with Crippen molar-refractivity contribution >= 4 is 17.2 Å². The molecule has 5 rings (SSSR count). The molecule has 0 bridgehead atoms. The summed E-state index contributed by atoms with van der Waals surface area (Å²) in [5.74, 6) is -0.0569. The minimum atomic E-state index is -4.46. The molecule has 7 nitrogen and oxygen atoms in total. The summed E-state index contributed by atoms with van der Waals surface area (Å²) < 4.78 is 48.3. The van der Waals surface area contributed by atoms with Gasteiger partial charge in [0.25, 0.3) is 5.56 Å². The zero-order chi connectivity index (χ0) is 24.9. The van der Waals surface area contributed by atoms with Gasteiger partial charge in [-0.2, -0.15) is 18.3 Å². The first-order chi connectivity index (χ1) is 16.6. The van der Waals surface area contributed by atoms with E-state index in [1.54, 1.807) is 24.0 Å². The Labute approximate surface area is 203 Å². The zero-order valence-corrected chi connectivity index (χ0v) is 19.6. The Kier molecular flexibility index (Phi) is 5.88. The summed E-state index contributed by atoms with van der Waals surface area (Å²) in [7, 11) is 1.83. The maximum Gasteiger partial charge on any atom is 0.416 e. The van der Waals surface area contributed by atoms with Gasteiger partial charge in [-0.3, -0.25) is 13.9 Å². The summed E-state index contributed by atoms with van der Waals surface area (Å²) in [4.78, 5) is 22.3. The van der Waals surface area contributed by atoms with E-state index in [4.69, 9.17) is 21.3 Å². The van der Waals surface area contributed by atoms with Crippen LogP contribution in [0.1, 0.15) is 47.4 Å². The van der Waals surface area contributed by atoms with Crippen LogP contribution in [-0.4, -0.2) is 30.8 Å². The van der Waals surface area contributed by atoms with Crippen molar-refractivity contribution in [3.63, 3.8) is 0 Å². The summed E-state index contributed by atoms with van der Waals surface area (Å²) in [5.41, 5.74) is 1.63. The van der Waals surface area contributed by atoms with Crippen LogP contribution in [0.15, 0.2) is 47.7 Å². The summed E-state index contributed by atoms with van der Waals surface area (Å²) in [6, 6.07) is 4.67. The number of alkyl halides is 3. The quantitative estimate of drug-likeness (QED) is 0.388. The highest BCUT2D eigenvalue weighted by molar-refractivity contribution is 6.31. The molecule has 0 spiro atoms. The second-order valence-corrected chi connectivity index (χ2v) is 9.01. The van der Waals surface area contributed by atoms with Gasteiger partial charge in [-0.15, -0.1) is 0 Å². The SMILES string of the molecule is Cc1nc2c(-c3ccc(C(F)(F)F)cc3)nc([C@H]3CCO[C@H](c4cnn(C)c4)C3)cn2c(=O)c1Cl. The van der Waals surface area contributed by atoms with Crippen LogP contribution in [0.2, 0.25) is 5.02 Å². The lowest BCUT2D eigenvalue weighted by Crippen LogP contribution is -2.23. The number of rotatable bonds is 3. The topological polar surface area (TPSA) is 74.3 Å². The normalized spacial score (nSPS) is 18.8. The van der Waals surface area contributed by atoms with Crippen molar-refractivity contribution in [1.29, 1.82) is 0 Å². The van der Waals surface area contributed by atoms with Crippen LogP contribution < -0.4 is 5.56 Å². The van der Waals surface area contributed by atoms with Crippen molar-refractivity contribution in [2.75, 3.05) is 6.61 Å². The third-order valence-corrected chi connectivity index (χ3v) is 6.66. The largest absolute Gasteiger partial charge is 0.416 e. The first kappa shape index (κ1) is 23.5. The smallest absolute Gasteiger partial charge is 0.373 e. The van der Waals surface area contributed by atoms with E-state index < -0.39 is 17.3 Å². The fraction of sp³-hybridized carbons (Fsp3) is 0.333. The van der Waals surface area contributed by atoms with Gasteiger partial charge in [0, 0.05) is 43.1 Å². The predicted molar refractivity (Wildman–Crippen MR) is 123 cm³/mol. The molecular weight excluding hydrogens is 483 g/mol. The number of aromatic nitrogens is 5. The van der Waals surface area contributed by atoms with Gasteiger partial charge in [0.1, 0.15) is 10.7 Å². The Hall–Kier alpha value is -3.24. The molecule has 1 saturated heterocycles. The molecule has 4 heterocycles. The van der Waals surface area contributed by atoms with Crippen LogP contribution in [0.25, 0.3) is 16.9 Å². The molecule has 0 saturated carbocycles. The van der Waals surface area contributed by atoms with Gasteiger partial charge in [-0.25, -0.2) is 9.97 Å². The van der Waals surface area contributed by atoms with Gasteiger partial charge in [-0.05, 0) is 31.9 Å². The van der Waals surface area contributed by atoms with Gasteiger partial charge >= 0.3 is 6.18 Å². The lowest BCUT2D eigenvalue weighted by molar-refractivity contribution is -0.137. The number of ether oxygens (including phenoxy) is 1. The maximum atomic E-state index is 13.1. The van der Waals surface area contributed by atoms with Gasteiger partial charge in [0.2, 0.25) is 0 Å². The summed E-state index contributed by atoms with van der Waals surface area (Å²) >= 11 is 6.20. The second kappa shape index (κ2) is 8.76. The van der Waals surface area contributed by atoms with E-state index in [9.17, 15) is 18.0 Å². The molecule has 0 radical (unpaired) electrons. The number of hydrogen-bond acceptors (Lipinski definition) is 5. The fourth-order valence-electron chi connectivity index (χ4n) is 4.36. The number of halogens is 4. The second-order valence-electron chi connectivity index (χ2n) is 8.63. The van der Waals surface area contributed by atoms with E-state index in [-0.39, 0.29) is 22.7 Å². The van der Waals surface area contributed by atoms with Gasteiger partial charge in [0.15, 0.2) is 5.65 Å². The first-order valence-corrected chi connectivity index (χ1v) is 11.4. The molecule has 1 aliphatic rings. The van der Waals surface area contributed by atoms with E-state index in [1.807, 2.05) is 13.2 Å². The maximum absolute atomic E-state index is 13.1. The molecule has 0 unspecified atom stereocenters. The zero-order valence-electron chi connectivity index (χ0n) is 18.9. The number of fused-ring (bicyclic) bond motifs is 1. The third kappa shape index (κ3) is 4.43. The standard InChI is InChI=1S/C24H21ClF3N5O2/c1-13-20(25)23(34)33-12-18(15-7-8-35-19(9-15)16-10-29-32(2)11-16)31-21(22(33)30-13)14-3-5-17(6-4-14)24(26,27)28/h3-6,10-12,15,19H,7-9H2,1-2H3/t15-,19-/m0/s1. The molecule has 4 aromatic rings. The Morgan fingerprint density at radius 1 is 1.14 bits per heavy atom. The molecule has 0 amide bonds. The lowest BCUT2D eigenvalue weighted by atomic mass is 9.90. The molecule has 1 aliphatic heterocycles. The minimum absolute atomic E-state index is 0.0155. The van der Waals surface area contributed by atoms with Gasteiger partial charge in [0.05, 0.1) is 29.3 Å². The van der Waals surface area contributed by atoms with Crippen molar-refractivity contribution in [3.05, 3.63) is 80.7 Å².